The molecule has 2 aromatic rings. The highest BCUT2D eigenvalue weighted by Gasteiger charge is 2.11. The molecular formula is C17H15Cl2NO2. The molecule has 0 heterocycles. The van der Waals surface area contributed by atoms with Crippen LogP contribution in [-0.4, -0.2) is 13.0 Å². The highest BCUT2D eigenvalue weighted by molar-refractivity contribution is 6.35. The Hall–Kier alpha value is -1.97. The summed E-state index contributed by atoms with van der Waals surface area (Å²) in [6.45, 7) is 3.71. The Bertz CT molecular complexity index is 714. The lowest BCUT2D eigenvalue weighted by Crippen LogP contribution is -2.12. The number of hydrogen-bond acceptors (Lipinski definition) is 2. The van der Waals surface area contributed by atoms with Crippen LogP contribution >= 0.6 is 23.2 Å². The standard InChI is InChI=1S/C17H15Cl2NO2/c1-3-4-11-9-12(5-8-16(11)22-2)17(21)20-15-10-13(18)6-7-14(15)19/h3,5-10H,1,4H2,2H3,(H,20,21). The minimum absolute atomic E-state index is 0.267. The van der Waals surface area contributed by atoms with Crippen molar-refractivity contribution in [3.63, 3.8) is 0 Å². The quantitative estimate of drug-likeness (QED) is 0.782. The molecule has 22 heavy (non-hydrogen) atoms. The zero-order chi connectivity index (χ0) is 16.1. The maximum atomic E-state index is 12.4. The Labute approximate surface area is 139 Å². The van der Waals surface area contributed by atoms with Gasteiger partial charge in [0.15, 0.2) is 0 Å². The second-order valence-electron chi connectivity index (χ2n) is 4.60. The molecule has 2 rings (SSSR count). The summed E-state index contributed by atoms with van der Waals surface area (Å²) in [6.07, 6.45) is 2.37. The lowest BCUT2D eigenvalue weighted by molar-refractivity contribution is 0.102. The number of anilines is 1. The van der Waals surface area contributed by atoms with Crippen LogP contribution < -0.4 is 10.1 Å². The van der Waals surface area contributed by atoms with Crippen LogP contribution in [0.4, 0.5) is 5.69 Å². The maximum Gasteiger partial charge on any atom is 0.255 e. The molecule has 0 spiro atoms. The monoisotopic (exact) mass is 335 g/mol. The summed E-state index contributed by atoms with van der Waals surface area (Å²) in [5.74, 6) is 0.453. The third kappa shape index (κ3) is 3.81. The molecule has 0 atom stereocenters. The van der Waals surface area contributed by atoms with E-state index in [1.165, 1.54) is 0 Å². The Morgan fingerprint density at radius 2 is 2.05 bits per heavy atom. The van der Waals surface area contributed by atoms with Crippen molar-refractivity contribution in [3.8, 4) is 5.75 Å². The highest BCUT2D eigenvalue weighted by Crippen LogP contribution is 2.27. The minimum atomic E-state index is -0.267. The van der Waals surface area contributed by atoms with E-state index in [9.17, 15) is 4.79 Å². The van der Waals surface area contributed by atoms with Gasteiger partial charge in [-0.15, -0.1) is 6.58 Å². The van der Waals surface area contributed by atoms with E-state index in [4.69, 9.17) is 27.9 Å². The summed E-state index contributed by atoms with van der Waals surface area (Å²) in [4.78, 5) is 12.4. The van der Waals surface area contributed by atoms with Gasteiger partial charge in [-0.1, -0.05) is 29.3 Å². The van der Waals surface area contributed by atoms with Crippen LogP contribution in [-0.2, 0) is 6.42 Å². The van der Waals surface area contributed by atoms with Crippen molar-refractivity contribution in [1.82, 2.24) is 0 Å². The average molecular weight is 336 g/mol. The molecule has 0 saturated heterocycles. The maximum absolute atomic E-state index is 12.4. The highest BCUT2D eigenvalue weighted by atomic mass is 35.5. The van der Waals surface area contributed by atoms with Gasteiger partial charge in [0.1, 0.15) is 5.75 Å². The number of nitrogens with one attached hydrogen (secondary N) is 1. The fourth-order valence-corrected chi connectivity index (χ4v) is 2.36. The molecule has 0 unspecified atom stereocenters. The Balaban J connectivity index is 2.27. The second-order valence-corrected chi connectivity index (χ2v) is 5.44. The summed E-state index contributed by atoms with van der Waals surface area (Å²) in [7, 11) is 1.59. The van der Waals surface area contributed by atoms with E-state index >= 15 is 0 Å². The Kier molecular flexibility index (Phi) is 5.47. The first-order valence-electron chi connectivity index (χ1n) is 6.59. The number of amides is 1. The van der Waals surface area contributed by atoms with Crippen molar-refractivity contribution in [2.24, 2.45) is 0 Å². The molecule has 1 N–H and O–H groups in total. The Morgan fingerprint density at radius 1 is 1.27 bits per heavy atom. The van der Waals surface area contributed by atoms with Gasteiger partial charge in [-0.05, 0) is 48.4 Å². The van der Waals surface area contributed by atoms with Gasteiger partial charge in [0.25, 0.3) is 5.91 Å². The zero-order valence-corrected chi connectivity index (χ0v) is 13.5. The van der Waals surface area contributed by atoms with E-state index in [-0.39, 0.29) is 5.91 Å². The van der Waals surface area contributed by atoms with Crippen LogP contribution in [0.5, 0.6) is 5.75 Å². The van der Waals surface area contributed by atoms with Gasteiger partial charge in [0, 0.05) is 10.6 Å². The molecule has 0 aliphatic rings. The lowest BCUT2D eigenvalue weighted by atomic mass is 10.1. The first-order valence-corrected chi connectivity index (χ1v) is 7.35. The summed E-state index contributed by atoms with van der Waals surface area (Å²) in [5.41, 5.74) is 1.87. The first-order chi connectivity index (χ1) is 10.5. The summed E-state index contributed by atoms with van der Waals surface area (Å²) in [5, 5.41) is 3.68. The molecule has 0 aromatic heterocycles. The zero-order valence-electron chi connectivity index (χ0n) is 12.0. The summed E-state index contributed by atoms with van der Waals surface area (Å²) < 4.78 is 5.27. The van der Waals surface area contributed by atoms with Crippen molar-refractivity contribution in [2.75, 3.05) is 12.4 Å². The number of hydrogen-bond donors (Lipinski definition) is 1. The van der Waals surface area contributed by atoms with Crippen LogP contribution in [0.25, 0.3) is 0 Å². The van der Waals surface area contributed by atoms with Crippen LogP contribution in [0, 0.1) is 0 Å². The van der Waals surface area contributed by atoms with Crippen molar-refractivity contribution < 1.29 is 9.53 Å². The second kappa shape index (κ2) is 7.34. The van der Waals surface area contributed by atoms with E-state index < -0.39 is 0 Å². The van der Waals surface area contributed by atoms with Crippen LogP contribution in [0.15, 0.2) is 49.1 Å². The number of carbonyl (C=O) groups is 1. The van der Waals surface area contributed by atoms with Crippen molar-refractivity contribution in [2.45, 2.75) is 6.42 Å². The van der Waals surface area contributed by atoms with Gasteiger partial charge >= 0.3 is 0 Å². The molecule has 0 aliphatic heterocycles. The van der Waals surface area contributed by atoms with Crippen LogP contribution in [0.3, 0.4) is 0 Å². The fraction of sp³-hybridized carbons (Fsp3) is 0.118. The molecule has 3 nitrogen and oxygen atoms in total. The number of carbonyl (C=O) groups excluding carboxylic acids is 1. The van der Waals surface area contributed by atoms with Gasteiger partial charge in [0.05, 0.1) is 17.8 Å². The van der Waals surface area contributed by atoms with Crippen molar-refractivity contribution in [3.05, 3.63) is 70.2 Å². The number of rotatable bonds is 5. The molecule has 0 fully saturated rings. The molecule has 0 radical (unpaired) electrons. The fourth-order valence-electron chi connectivity index (χ4n) is 2.02. The number of ether oxygens (including phenoxy) is 1. The minimum Gasteiger partial charge on any atom is -0.496 e. The molecule has 1 amide bonds. The number of benzene rings is 2. The third-order valence-corrected chi connectivity index (χ3v) is 3.65. The van der Waals surface area contributed by atoms with Crippen LogP contribution in [0.1, 0.15) is 15.9 Å². The summed E-state index contributed by atoms with van der Waals surface area (Å²) in [6, 6.07) is 10.1. The largest absolute Gasteiger partial charge is 0.496 e. The summed E-state index contributed by atoms with van der Waals surface area (Å²) >= 11 is 12.0. The van der Waals surface area contributed by atoms with Crippen molar-refractivity contribution >= 4 is 34.8 Å². The normalized spacial score (nSPS) is 10.1. The smallest absolute Gasteiger partial charge is 0.255 e. The molecule has 0 bridgehead atoms. The molecule has 5 heteroatoms. The number of allylic oxidation sites excluding steroid dienone is 1. The van der Waals surface area contributed by atoms with Gasteiger partial charge in [0.2, 0.25) is 0 Å². The van der Waals surface area contributed by atoms with Crippen molar-refractivity contribution in [1.29, 1.82) is 0 Å². The predicted octanol–water partition coefficient (Wildman–Crippen LogP) is 4.98. The van der Waals surface area contributed by atoms with Gasteiger partial charge < -0.3 is 10.1 Å². The van der Waals surface area contributed by atoms with E-state index in [2.05, 4.69) is 11.9 Å². The predicted molar refractivity (Wildman–Crippen MR) is 91.3 cm³/mol. The topological polar surface area (TPSA) is 38.3 Å². The Morgan fingerprint density at radius 3 is 2.73 bits per heavy atom. The lowest BCUT2D eigenvalue weighted by Gasteiger charge is -2.11. The van der Waals surface area contributed by atoms with Crippen LogP contribution in [0.2, 0.25) is 10.0 Å². The number of halogens is 2. The SMILES string of the molecule is C=CCc1cc(C(=O)Nc2cc(Cl)ccc2Cl)ccc1OC. The molecule has 2 aromatic carbocycles. The first kappa shape index (κ1) is 16.4. The number of methoxy groups -OCH3 is 1. The van der Waals surface area contributed by atoms with Gasteiger partial charge in [-0.3, -0.25) is 4.79 Å². The molecule has 0 saturated carbocycles. The molecule has 114 valence electrons. The van der Waals surface area contributed by atoms with E-state index in [0.29, 0.717) is 27.7 Å². The molecule has 0 aliphatic carbocycles. The average Bonchev–Trinajstić information content (AvgIpc) is 2.51. The van der Waals surface area contributed by atoms with E-state index in [1.54, 1.807) is 49.6 Å². The van der Waals surface area contributed by atoms with Gasteiger partial charge in [-0.2, -0.15) is 0 Å². The van der Waals surface area contributed by atoms with E-state index in [0.717, 1.165) is 11.3 Å². The van der Waals surface area contributed by atoms with E-state index in [1.807, 2.05) is 0 Å². The third-order valence-electron chi connectivity index (χ3n) is 3.08. The van der Waals surface area contributed by atoms with Gasteiger partial charge in [-0.25, -0.2) is 0 Å². The molecular weight excluding hydrogens is 321 g/mol.